The molecule has 2 rings (SSSR count). The van der Waals surface area contributed by atoms with Crippen LogP contribution < -0.4 is 5.73 Å². The van der Waals surface area contributed by atoms with E-state index in [0.717, 1.165) is 11.1 Å². The maximum Gasteiger partial charge on any atom is 0.0875 e. The van der Waals surface area contributed by atoms with E-state index < -0.39 is 5.60 Å². The molecular weight excluding hydrogens is 234 g/mol. The molecule has 1 atom stereocenters. The second-order valence-electron chi connectivity index (χ2n) is 5.22. The number of hydrogen-bond acceptors (Lipinski definition) is 2. The van der Waals surface area contributed by atoms with Crippen LogP contribution >= 0.6 is 0 Å². The van der Waals surface area contributed by atoms with Crippen molar-refractivity contribution in [3.63, 3.8) is 0 Å². The van der Waals surface area contributed by atoms with E-state index in [1.165, 1.54) is 0 Å². The van der Waals surface area contributed by atoms with Crippen molar-refractivity contribution in [2.75, 3.05) is 0 Å². The van der Waals surface area contributed by atoms with Crippen molar-refractivity contribution in [3.8, 4) is 0 Å². The highest BCUT2D eigenvalue weighted by Crippen LogP contribution is 2.22. The average Bonchev–Trinajstić information content (AvgIpc) is 2.40. The summed E-state index contributed by atoms with van der Waals surface area (Å²) in [7, 11) is 0. The Hall–Kier alpha value is -1.64. The average molecular weight is 255 g/mol. The van der Waals surface area contributed by atoms with Crippen LogP contribution in [0.5, 0.6) is 0 Å². The van der Waals surface area contributed by atoms with Gasteiger partial charge in [-0.15, -0.1) is 0 Å². The highest BCUT2D eigenvalue weighted by molar-refractivity contribution is 5.22. The molecule has 0 aliphatic rings. The molecule has 0 heterocycles. The monoisotopic (exact) mass is 255 g/mol. The van der Waals surface area contributed by atoms with Gasteiger partial charge in [-0.1, -0.05) is 60.7 Å². The molecule has 2 aromatic carbocycles. The summed E-state index contributed by atoms with van der Waals surface area (Å²) < 4.78 is 0. The molecule has 2 aromatic rings. The number of nitrogens with two attached hydrogens (primary N) is 1. The first-order chi connectivity index (χ1) is 9.10. The molecular formula is C17H21NO. The minimum atomic E-state index is -0.914. The van der Waals surface area contributed by atoms with Crippen LogP contribution in [0.25, 0.3) is 0 Å². The van der Waals surface area contributed by atoms with Crippen molar-refractivity contribution in [1.29, 1.82) is 0 Å². The van der Waals surface area contributed by atoms with Crippen molar-refractivity contribution in [3.05, 3.63) is 71.8 Å². The van der Waals surface area contributed by atoms with Crippen LogP contribution in [0, 0.1) is 0 Å². The molecule has 0 bridgehead atoms. The summed E-state index contributed by atoms with van der Waals surface area (Å²) >= 11 is 0. The molecule has 0 spiro atoms. The maximum absolute atomic E-state index is 10.9. The number of hydrogen-bond donors (Lipinski definition) is 2. The second-order valence-corrected chi connectivity index (χ2v) is 5.22. The Balaban J connectivity index is 2.18. The van der Waals surface area contributed by atoms with Gasteiger partial charge in [0.25, 0.3) is 0 Å². The van der Waals surface area contributed by atoms with Crippen LogP contribution in [0.15, 0.2) is 60.7 Å². The van der Waals surface area contributed by atoms with Gasteiger partial charge in [-0.05, 0) is 18.1 Å². The first-order valence-electron chi connectivity index (χ1n) is 6.66. The quantitative estimate of drug-likeness (QED) is 0.862. The van der Waals surface area contributed by atoms with Gasteiger partial charge in [-0.25, -0.2) is 0 Å². The summed E-state index contributed by atoms with van der Waals surface area (Å²) in [5, 5.41) is 10.9. The van der Waals surface area contributed by atoms with Gasteiger partial charge < -0.3 is 10.8 Å². The number of aliphatic hydroxyl groups is 1. The zero-order valence-electron chi connectivity index (χ0n) is 11.3. The fraction of sp³-hybridized carbons (Fsp3) is 0.294. The zero-order chi connectivity index (χ0) is 13.7. The van der Waals surface area contributed by atoms with Crippen molar-refractivity contribution in [2.45, 2.75) is 31.4 Å². The summed E-state index contributed by atoms with van der Waals surface area (Å²) in [6.07, 6.45) is 1.14. The largest absolute Gasteiger partial charge is 0.388 e. The van der Waals surface area contributed by atoms with Crippen LogP contribution in [-0.4, -0.2) is 16.7 Å². The van der Waals surface area contributed by atoms with Crippen molar-refractivity contribution in [2.24, 2.45) is 5.73 Å². The lowest BCUT2D eigenvalue weighted by Crippen LogP contribution is -2.49. The summed E-state index contributed by atoms with van der Waals surface area (Å²) in [6, 6.07) is 19.7. The SMILES string of the molecule is C[C@H](N)C(O)(Cc1ccccc1)Cc1ccccc1. The van der Waals surface area contributed by atoms with Gasteiger partial charge in [0.2, 0.25) is 0 Å². The summed E-state index contributed by atoms with van der Waals surface area (Å²) in [5.74, 6) is 0. The second kappa shape index (κ2) is 6.00. The lowest BCUT2D eigenvalue weighted by molar-refractivity contribution is 0.0199. The van der Waals surface area contributed by atoms with E-state index in [2.05, 4.69) is 0 Å². The number of benzene rings is 2. The molecule has 3 N–H and O–H groups in total. The third-order valence-corrected chi connectivity index (χ3v) is 3.55. The van der Waals surface area contributed by atoms with Crippen LogP contribution in [0.2, 0.25) is 0 Å². The molecule has 0 unspecified atom stereocenters. The van der Waals surface area contributed by atoms with Crippen molar-refractivity contribution >= 4 is 0 Å². The van der Waals surface area contributed by atoms with E-state index >= 15 is 0 Å². The molecule has 0 aromatic heterocycles. The fourth-order valence-electron chi connectivity index (χ4n) is 2.28. The molecule has 2 heteroatoms. The highest BCUT2D eigenvalue weighted by Gasteiger charge is 2.31. The molecule has 0 amide bonds. The molecule has 0 saturated carbocycles. The number of rotatable bonds is 5. The van der Waals surface area contributed by atoms with Gasteiger partial charge in [0.15, 0.2) is 0 Å². The first kappa shape index (κ1) is 13.8. The Morgan fingerprint density at radius 2 is 1.26 bits per heavy atom. The smallest absolute Gasteiger partial charge is 0.0875 e. The van der Waals surface area contributed by atoms with Crippen molar-refractivity contribution < 1.29 is 5.11 Å². The van der Waals surface area contributed by atoms with Crippen LogP contribution in [0.1, 0.15) is 18.1 Å². The maximum atomic E-state index is 10.9. The predicted molar refractivity (Wildman–Crippen MR) is 78.9 cm³/mol. The summed E-state index contributed by atoms with van der Waals surface area (Å²) in [4.78, 5) is 0. The highest BCUT2D eigenvalue weighted by atomic mass is 16.3. The molecule has 0 aliphatic heterocycles. The van der Waals surface area contributed by atoms with Gasteiger partial charge in [0, 0.05) is 18.9 Å². The molecule has 2 nitrogen and oxygen atoms in total. The van der Waals surface area contributed by atoms with E-state index in [4.69, 9.17) is 5.73 Å². The van der Waals surface area contributed by atoms with E-state index in [9.17, 15) is 5.11 Å². The summed E-state index contributed by atoms with van der Waals surface area (Å²) in [5.41, 5.74) is 7.32. The Morgan fingerprint density at radius 3 is 1.58 bits per heavy atom. The van der Waals surface area contributed by atoms with Crippen LogP contribution in [-0.2, 0) is 12.8 Å². The Labute approximate surface area is 114 Å². The minimum Gasteiger partial charge on any atom is -0.388 e. The Bertz CT molecular complexity index is 452. The molecule has 100 valence electrons. The standard InChI is InChI=1S/C17H21NO/c1-14(18)17(19,12-15-8-4-2-5-9-15)13-16-10-6-3-7-11-16/h2-11,14,19H,12-13,18H2,1H3/t14-/m0/s1. The summed E-state index contributed by atoms with van der Waals surface area (Å²) in [6.45, 7) is 1.87. The molecule has 0 radical (unpaired) electrons. The van der Waals surface area contributed by atoms with Gasteiger partial charge in [0.05, 0.1) is 5.60 Å². The Morgan fingerprint density at radius 1 is 0.895 bits per heavy atom. The molecule has 0 fully saturated rings. The van der Waals surface area contributed by atoms with Gasteiger partial charge in [0.1, 0.15) is 0 Å². The molecule has 0 aliphatic carbocycles. The Kier molecular flexibility index (Phi) is 4.35. The predicted octanol–water partition coefficient (Wildman–Crippen LogP) is 2.55. The normalized spacial score (nSPS) is 13.2. The van der Waals surface area contributed by atoms with E-state index in [1.54, 1.807) is 0 Å². The van der Waals surface area contributed by atoms with Gasteiger partial charge in [-0.2, -0.15) is 0 Å². The zero-order valence-corrected chi connectivity index (χ0v) is 11.3. The fourth-order valence-corrected chi connectivity index (χ4v) is 2.28. The lowest BCUT2D eigenvalue weighted by Gasteiger charge is -2.32. The minimum absolute atomic E-state index is 0.284. The molecule has 0 saturated heterocycles. The van der Waals surface area contributed by atoms with E-state index in [1.807, 2.05) is 67.6 Å². The van der Waals surface area contributed by atoms with Crippen LogP contribution in [0.3, 0.4) is 0 Å². The van der Waals surface area contributed by atoms with Crippen molar-refractivity contribution in [1.82, 2.24) is 0 Å². The van der Waals surface area contributed by atoms with Gasteiger partial charge >= 0.3 is 0 Å². The topological polar surface area (TPSA) is 46.2 Å². The third-order valence-electron chi connectivity index (χ3n) is 3.55. The van der Waals surface area contributed by atoms with E-state index in [0.29, 0.717) is 12.8 Å². The van der Waals surface area contributed by atoms with Crippen LogP contribution in [0.4, 0.5) is 0 Å². The third kappa shape index (κ3) is 3.66. The molecule has 19 heavy (non-hydrogen) atoms. The first-order valence-corrected chi connectivity index (χ1v) is 6.66. The lowest BCUT2D eigenvalue weighted by atomic mass is 9.83. The van der Waals surface area contributed by atoms with E-state index in [-0.39, 0.29) is 6.04 Å². The van der Waals surface area contributed by atoms with Gasteiger partial charge in [-0.3, -0.25) is 0 Å².